The SMILES string of the molecule is CCCCCCCCCCCCc1ccccc1Oc1ccc([O-])c(S(=O)(=O)O)c1.[Na+]. The number of aryl methyl sites for hydroxylation is 1. The van der Waals surface area contributed by atoms with Crippen LogP contribution in [0.1, 0.15) is 76.7 Å². The number of para-hydroxylation sites is 1. The molecule has 0 bridgehead atoms. The molecule has 0 aliphatic carbocycles. The van der Waals surface area contributed by atoms with Crippen LogP contribution in [0.2, 0.25) is 0 Å². The molecule has 0 heterocycles. The molecule has 0 saturated carbocycles. The summed E-state index contributed by atoms with van der Waals surface area (Å²) in [5.41, 5.74) is 1.04. The van der Waals surface area contributed by atoms with E-state index in [0.717, 1.165) is 30.5 Å². The first-order chi connectivity index (χ1) is 14.4. The molecule has 2 rings (SSSR count). The number of benzene rings is 2. The van der Waals surface area contributed by atoms with Gasteiger partial charge in [0.2, 0.25) is 0 Å². The molecule has 0 atom stereocenters. The van der Waals surface area contributed by atoms with E-state index < -0.39 is 20.8 Å². The minimum absolute atomic E-state index is 0. The third-order valence-corrected chi connectivity index (χ3v) is 6.07. The van der Waals surface area contributed by atoms with Gasteiger partial charge in [-0.05, 0) is 30.5 Å². The zero-order chi connectivity index (χ0) is 21.8. The van der Waals surface area contributed by atoms with E-state index >= 15 is 0 Å². The Morgan fingerprint density at radius 1 is 0.871 bits per heavy atom. The molecular formula is C24H33NaO5S. The van der Waals surface area contributed by atoms with Crippen LogP contribution >= 0.6 is 0 Å². The fourth-order valence-corrected chi connectivity index (χ4v) is 4.08. The van der Waals surface area contributed by atoms with Crippen LogP contribution < -0.4 is 39.4 Å². The summed E-state index contributed by atoms with van der Waals surface area (Å²) in [6, 6.07) is 11.2. The van der Waals surface area contributed by atoms with Gasteiger partial charge in [-0.25, -0.2) is 0 Å². The molecule has 0 amide bonds. The summed E-state index contributed by atoms with van der Waals surface area (Å²) in [7, 11) is -4.58. The van der Waals surface area contributed by atoms with E-state index in [-0.39, 0.29) is 35.3 Å². The number of hydrogen-bond acceptors (Lipinski definition) is 4. The molecule has 0 unspecified atom stereocenters. The van der Waals surface area contributed by atoms with Crippen molar-refractivity contribution in [3.8, 4) is 17.2 Å². The molecule has 2 aromatic rings. The van der Waals surface area contributed by atoms with Gasteiger partial charge in [-0.15, -0.1) is 0 Å². The number of rotatable bonds is 14. The van der Waals surface area contributed by atoms with Crippen molar-refractivity contribution in [1.29, 1.82) is 0 Å². The summed E-state index contributed by atoms with van der Waals surface area (Å²) in [6.45, 7) is 2.24. The second-order valence-electron chi connectivity index (χ2n) is 7.73. The van der Waals surface area contributed by atoms with Gasteiger partial charge in [0.15, 0.2) is 0 Å². The van der Waals surface area contributed by atoms with Crippen LogP contribution in [0.3, 0.4) is 0 Å². The van der Waals surface area contributed by atoms with Crippen molar-refractivity contribution in [2.24, 2.45) is 0 Å². The van der Waals surface area contributed by atoms with Gasteiger partial charge in [-0.2, -0.15) is 8.42 Å². The van der Waals surface area contributed by atoms with Gasteiger partial charge in [0.25, 0.3) is 10.1 Å². The molecule has 0 radical (unpaired) electrons. The molecule has 0 fully saturated rings. The van der Waals surface area contributed by atoms with Crippen LogP contribution in [-0.2, 0) is 16.5 Å². The van der Waals surface area contributed by atoms with E-state index in [1.54, 1.807) is 0 Å². The predicted octanol–water partition coefficient (Wildman–Crippen LogP) is 3.27. The van der Waals surface area contributed by atoms with E-state index in [1.807, 2.05) is 24.3 Å². The largest absolute Gasteiger partial charge is 1.00 e. The maximum Gasteiger partial charge on any atom is 1.00 e. The summed E-state index contributed by atoms with van der Waals surface area (Å²) >= 11 is 0. The monoisotopic (exact) mass is 456 g/mol. The van der Waals surface area contributed by atoms with E-state index in [2.05, 4.69) is 6.92 Å². The van der Waals surface area contributed by atoms with Crippen molar-refractivity contribution in [1.82, 2.24) is 0 Å². The van der Waals surface area contributed by atoms with Crippen LogP contribution in [0, 0.1) is 0 Å². The average molecular weight is 457 g/mol. The first-order valence-corrected chi connectivity index (χ1v) is 12.4. The van der Waals surface area contributed by atoms with Gasteiger partial charge >= 0.3 is 29.6 Å². The minimum Gasteiger partial charge on any atom is -0.872 e. The molecule has 0 spiro atoms. The van der Waals surface area contributed by atoms with Gasteiger partial charge in [-0.3, -0.25) is 4.55 Å². The zero-order valence-electron chi connectivity index (χ0n) is 18.8. The van der Waals surface area contributed by atoms with Crippen molar-refractivity contribution >= 4 is 10.1 Å². The Kier molecular flexibility index (Phi) is 13.5. The van der Waals surface area contributed by atoms with E-state index in [1.165, 1.54) is 63.9 Å². The fraction of sp³-hybridized carbons (Fsp3) is 0.500. The Bertz CT molecular complexity index is 883. The maximum absolute atomic E-state index is 11.7. The molecule has 0 aliphatic rings. The van der Waals surface area contributed by atoms with Crippen LogP contribution in [-0.4, -0.2) is 13.0 Å². The normalized spacial score (nSPS) is 11.2. The summed E-state index contributed by atoms with van der Waals surface area (Å²) in [5.74, 6) is 0.0783. The summed E-state index contributed by atoms with van der Waals surface area (Å²) in [5, 5.41) is 11.7. The molecule has 166 valence electrons. The molecule has 2 aromatic carbocycles. The van der Waals surface area contributed by atoms with E-state index in [0.29, 0.717) is 5.75 Å². The molecule has 0 saturated heterocycles. The van der Waals surface area contributed by atoms with Gasteiger partial charge in [0.1, 0.15) is 11.5 Å². The van der Waals surface area contributed by atoms with Gasteiger partial charge in [0.05, 0.1) is 4.90 Å². The minimum atomic E-state index is -4.58. The topological polar surface area (TPSA) is 86.7 Å². The first kappa shape index (κ1) is 28.0. The molecule has 31 heavy (non-hydrogen) atoms. The summed E-state index contributed by atoms with van der Waals surface area (Å²) < 4.78 is 37.7. The zero-order valence-corrected chi connectivity index (χ0v) is 21.6. The smallest absolute Gasteiger partial charge is 0.872 e. The summed E-state index contributed by atoms with van der Waals surface area (Å²) in [6.07, 6.45) is 13.6. The predicted molar refractivity (Wildman–Crippen MR) is 118 cm³/mol. The Hall–Kier alpha value is -1.05. The Labute approximate surface area is 209 Å². The quantitative estimate of drug-likeness (QED) is 0.268. The Morgan fingerprint density at radius 3 is 2.06 bits per heavy atom. The molecule has 7 heteroatoms. The molecular weight excluding hydrogens is 423 g/mol. The number of ether oxygens (including phenoxy) is 1. The van der Waals surface area contributed by atoms with E-state index in [4.69, 9.17) is 4.74 Å². The third-order valence-electron chi connectivity index (χ3n) is 5.19. The molecule has 1 N–H and O–H groups in total. The Balaban J connectivity index is 0.00000480. The van der Waals surface area contributed by atoms with Gasteiger partial charge in [0, 0.05) is 6.07 Å². The molecule has 0 aliphatic heterocycles. The number of hydrogen-bond donors (Lipinski definition) is 1. The van der Waals surface area contributed by atoms with Crippen molar-refractivity contribution in [2.75, 3.05) is 0 Å². The maximum atomic E-state index is 11.7. The summed E-state index contributed by atoms with van der Waals surface area (Å²) in [4.78, 5) is -0.674. The first-order valence-electron chi connectivity index (χ1n) is 11.0. The van der Waals surface area contributed by atoms with Crippen molar-refractivity contribution in [2.45, 2.75) is 82.4 Å². The second-order valence-corrected chi connectivity index (χ2v) is 9.12. The second kappa shape index (κ2) is 14.9. The number of unbranched alkanes of at least 4 members (excludes halogenated alkanes) is 9. The molecule has 0 aromatic heterocycles. The van der Waals surface area contributed by atoms with Crippen molar-refractivity contribution in [3.63, 3.8) is 0 Å². The standard InChI is InChI=1S/C24H34O5S.Na/c1-2-3-4-5-6-7-8-9-10-11-14-20-15-12-13-16-23(20)29-21-17-18-22(25)24(19-21)30(26,27)28;/h12-13,15-19,25H,2-11,14H2,1H3,(H,26,27,28);/q;+1/p-1. The average Bonchev–Trinajstić information content (AvgIpc) is 2.71. The van der Waals surface area contributed by atoms with Crippen molar-refractivity contribution in [3.05, 3.63) is 48.0 Å². The fourth-order valence-electron chi connectivity index (χ4n) is 3.49. The van der Waals surface area contributed by atoms with Gasteiger partial charge < -0.3 is 9.84 Å². The van der Waals surface area contributed by atoms with Crippen LogP contribution in [0.5, 0.6) is 17.2 Å². The van der Waals surface area contributed by atoms with Crippen LogP contribution in [0.4, 0.5) is 0 Å². The Morgan fingerprint density at radius 2 is 1.45 bits per heavy atom. The third kappa shape index (κ3) is 10.4. The van der Waals surface area contributed by atoms with Crippen LogP contribution in [0.15, 0.2) is 47.4 Å². The molecule has 5 nitrogen and oxygen atoms in total. The van der Waals surface area contributed by atoms with Crippen LogP contribution in [0.25, 0.3) is 0 Å². The van der Waals surface area contributed by atoms with E-state index in [9.17, 15) is 18.1 Å². The van der Waals surface area contributed by atoms with Crippen molar-refractivity contribution < 1.29 is 52.4 Å². The van der Waals surface area contributed by atoms with Gasteiger partial charge in [-0.1, -0.05) is 94.7 Å².